The third-order valence-corrected chi connectivity index (χ3v) is 3.62. The van der Waals surface area contributed by atoms with Crippen LogP contribution in [-0.4, -0.2) is 11.5 Å². The fourth-order valence-electron chi connectivity index (χ4n) is 1.65. The number of hydrogen-bond acceptors (Lipinski definition) is 4. The second kappa shape index (κ2) is 5.80. The van der Waals surface area contributed by atoms with Crippen LogP contribution in [-0.2, 0) is 6.42 Å². The lowest BCUT2D eigenvalue weighted by atomic mass is 10.1. The van der Waals surface area contributed by atoms with Crippen molar-refractivity contribution in [3.63, 3.8) is 0 Å². The SMILES string of the molecule is CC(NCCc1ccc(N)cc1)c1nccs1. The van der Waals surface area contributed by atoms with E-state index in [-0.39, 0.29) is 0 Å². The largest absolute Gasteiger partial charge is 0.399 e. The average Bonchev–Trinajstić information content (AvgIpc) is 2.85. The van der Waals surface area contributed by atoms with E-state index in [1.165, 1.54) is 5.56 Å². The smallest absolute Gasteiger partial charge is 0.109 e. The van der Waals surface area contributed by atoms with Crippen LogP contribution >= 0.6 is 11.3 Å². The van der Waals surface area contributed by atoms with Gasteiger partial charge in [0.25, 0.3) is 0 Å². The highest BCUT2D eigenvalue weighted by molar-refractivity contribution is 7.09. The van der Waals surface area contributed by atoms with E-state index in [0.717, 1.165) is 23.7 Å². The Morgan fingerprint density at radius 2 is 2.12 bits per heavy atom. The van der Waals surface area contributed by atoms with Gasteiger partial charge in [0.15, 0.2) is 0 Å². The third-order valence-electron chi connectivity index (χ3n) is 2.67. The van der Waals surface area contributed by atoms with Gasteiger partial charge in [-0.3, -0.25) is 0 Å². The summed E-state index contributed by atoms with van der Waals surface area (Å²) in [7, 11) is 0. The number of hydrogen-bond donors (Lipinski definition) is 2. The number of nitrogen functional groups attached to an aromatic ring is 1. The van der Waals surface area contributed by atoms with Crippen molar-refractivity contribution in [2.24, 2.45) is 0 Å². The molecule has 90 valence electrons. The normalized spacial score (nSPS) is 12.5. The predicted octanol–water partition coefficient (Wildman–Crippen LogP) is 2.62. The van der Waals surface area contributed by atoms with Gasteiger partial charge in [0.2, 0.25) is 0 Å². The Kier molecular flexibility index (Phi) is 4.12. The van der Waals surface area contributed by atoms with E-state index in [1.807, 2.05) is 23.7 Å². The Labute approximate surface area is 106 Å². The monoisotopic (exact) mass is 247 g/mol. The van der Waals surface area contributed by atoms with Crippen LogP contribution in [0.15, 0.2) is 35.8 Å². The molecule has 1 heterocycles. The second-order valence-corrected chi connectivity index (χ2v) is 4.96. The van der Waals surface area contributed by atoms with Crippen molar-refractivity contribution in [1.29, 1.82) is 0 Å². The topological polar surface area (TPSA) is 50.9 Å². The van der Waals surface area contributed by atoms with E-state index in [0.29, 0.717) is 6.04 Å². The maximum Gasteiger partial charge on any atom is 0.109 e. The molecule has 0 bridgehead atoms. The van der Waals surface area contributed by atoms with Crippen molar-refractivity contribution in [2.75, 3.05) is 12.3 Å². The molecule has 0 aliphatic heterocycles. The number of aromatic nitrogens is 1. The van der Waals surface area contributed by atoms with Crippen LogP contribution in [0, 0.1) is 0 Å². The molecule has 3 nitrogen and oxygen atoms in total. The summed E-state index contributed by atoms with van der Waals surface area (Å²) >= 11 is 1.69. The lowest BCUT2D eigenvalue weighted by Crippen LogP contribution is -2.21. The van der Waals surface area contributed by atoms with Crippen LogP contribution in [0.1, 0.15) is 23.5 Å². The van der Waals surface area contributed by atoms with Gasteiger partial charge in [-0.05, 0) is 37.6 Å². The van der Waals surface area contributed by atoms with Crippen LogP contribution < -0.4 is 11.1 Å². The number of benzene rings is 1. The molecular formula is C13H17N3S. The highest BCUT2D eigenvalue weighted by atomic mass is 32.1. The van der Waals surface area contributed by atoms with Crippen molar-refractivity contribution in [2.45, 2.75) is 19.4 Å². The minimum absolute atomic E-state index is 0.323. The number of thiazole rings is 1. The van der Waals surface area contributed by atoms with Crippen LogP contribution in [0.5, 0.6) is 0 Å². The van der Waals surface area contributed by atoms with Crippen molar-refractivity contribution >= 4 is 17.0 Å². The maximum absolute atomic E-state index is 5.65. The van der Waals surface area contributed by atoms with Crippen molar-refractivity contribution in [3.8, 4) is 0 Å². The van der Waals surface area contributed by atoms with Crippen molar-refractivity contribution in [1.82, 2.24) is 10.3 Å². The van der Waals surface area contributed by atoms with E-state index in [4.69, 9.17) is 5.73 Å². The molecule has 0 amide bonds. The molecule has 0 saturated carbocycles. The summed E-state index contributed by atoms with van der Waals surface area (Å²) in [6, 6.07) is 8.36. The Bertz CT molecular complexity index is 436. The molecule has 0 fully saturated rings. The van der Waals surface area contributed by atoms with Gasteiger partial charge in [0, 0.05) is 17.3 Å². The molecule has 1 aromatic heterocycles. The first-order valence-corrected chi connectivity index (χ1v) is 6.61. The Balaban J connectivity index is 1.78. The third kappa shape index (κ3) is 3.54. The first kappa shape index (κ1) is 12.1. The van der Waals surface area contributed by atoms with Crippen molar-refractivity contribution < 1.29 is 0 Å². The van der Waals surface area contributed by atoms with Gasteiger partial charge in [-0.15, -0.1) is 11.3 Å². The molecule has 4 heteroatoms. The quantitative estimate of drug-likeness (QED) is 0.799. The number of nitrogens with one attached hydrogen (secondary N) is 1. The lowest BCUT2D eigenvalue weighted by molar-refractivity contribution is 0.574. The van der Waals surface area contributed by atoms with Gasteiger partial charge >= 0.3 is 0 Å². The summed E-state index contributed by atoms with van der Waals surface area (Å²) in [4.78, 5) is 4.29. The number of nitrogens with zero attached hydrogens (tertiary/aromatic N) is 1. The maximum atomic E-state index is 5.65. The summed E-state index contributed by atoms with van der Waals surface area (Å²) < 4.78 is 0. The Morgan fingerprint density at radius 1 is 1.35 bits per heavy atom. The molecule has 2 aromatic rings. The van der Waals surface area contributed by atoms with E-state index >= 15 is 0 Å². The molecule has 1 aromatic carbocycles. The number of nitrogens with two attached hydrogens (primary N) is 1. The second-order valence-electron chi connectivity index (χ2n) is 4.04. The van der Waals surface area contributed by atoms with Gasteiger partial charge < -0.3 is 11.1 Å². The molecule has 0 aliphatic carbocycles. The Hall–Kier alpha value is -1.39. The van der Waals surface area contributed by atoms with Crippen LogP contribution in [0.4, 0.5) is 5.69 Å². The molecule has 17 heavy (non-hydrogen) atoms. The molecule has 1 unspecified atom stereocenters. The minimum atomic E-state index is 0.323. The number of anilines is 1. The molecule has 1 atom stereocenters. The summed E-state index contributed by atoms with van der Waals surface area (Å²) in [6.07, 6.45) is 2.86. The predicted molar refractivity (Wildman–Crippen MR) is 73.1 cm³/mol. The number of rotatable bonds is 5. The van der Waals surface area contributed by atoms with Crippen LogP contribution in [0.3, 0.4) is 0 Å². The fourth-order valence-corrected chi connectivity index (χ4v) is 2.32. The summed E-state index contributed by atoms with van der Waals surface area (Å²) in [5.74, 6) is 0. The van der Waals surface area contributed by atoms with E-state index < -0.39 is 0 Å². The average molecular weight is 247 g/mol. The fraction of sp³-hybridized carbons (Fsp3) is 0.308. The standard InChI is InChI=1S/C13H17N3S/c1-10(13-16-8-9-17-13)15-7-6-11-2-4-12(14)5-3-11/h2-5,8-10,15H,6-7,14H2,1H3. The zero-order chi connectivity index (χ0) is 12.1. The van der Waals surface area contributed by atoms with Gasteiger partial charge in [-0.2, -0.15) is 0 Å². The van der Waals surface area contributed by atoms with Crippen LogP contribution in [0.2, 0.25) is 0 Å². The summed E-state index contributed by atoms with van der Waals surface area (Å²) in [5.41, 5.74) is 7.77. The molecule has 0 radical (unpaired) electrons. The van der Waals surface area contributed by atoms with E-state index in [2.05, 4.69) is 29.4 Å². The van der Waals surface area contributed by atoms with Gasteiger partial charge in [-0.25, -0.2) is 4.98 Å². The van der Waals surface area contributed by atoms with Crippen LogP contribution in [0.25, 0.3) is 0 Å². The molecule has 3 N–H and O–H groups in total. The van der Waals surface area contributed by atoms with Crippen molar-refractivity contribution in [3.05, 3.63) is 46.4 Å². The minimum Gasteiger partial charge on any atom is -0.399 e. The summed E-state index contributed by atoms with van der Waals surface area (Å²) in [5, 5.41) is 6.61. The molecular weight excluding hydrogens is 230 g/mol. The first-order chi connectivity index (χ1) is 8.25. The van der Waals surface area contributed by atoms with E-state index in [9.17, 15) is 0 Å². The summed E-state index contributed by atoms with van der Waals surface area (Å²) in [6.45, 7) is 3.09. The highest BCUT2D eigenvalue weighted by Crippen LogP contribution is 2.14. The zero-order valence-corrected chi connectivity index (χ0v) is 10.7. The van der Waals surface area contributed by atoms with Gasteiger partial charge in [-0.1, -0.05) is 12.1 Å². The molecule has 2 rings (SSSR count). The lowest BCUT2D eigenvalue weighted by Gasteiger charge is -2.10. The molecule has 0 spiro atoms. The molecule has 0 saturated heterocycles. The first-order valence-electron chi connectivity index (χ1n) is 5.73. The van der Waals surface area contributed by atoms with Gasteiger partial charge in [0.1, 0.15) is 5.01 Å². The van der Waals surface area contributed by atoms with E-state index in [1.54, 1.807) is 11.3 Å². The molecule has 0 aliphatic rings. The van der Waals surface area contributed by atoms with Gasteiger partial charge in [0.05, 0.1) is 6.04 Å². The Morgan fingerprint density at radius 3 is 2.76 bits per heavy atom. The zero-order valence-electron chi connectivity index (χ0n) is 9.89. The highest BCUT2D eigenvalue weighted by Gasteiger charge is 2.06.